The topological polar surface area (TPSA) is 60.9 Å². The minimum atomic E-state index is -0.0774. The van der Waals surface area contributed by atoms with Crippen molar-refractivity contribution >= 4 is 0 Å². The minimum absolute atomic E-state index is 0. The minimum Gasteiger partial charge on any atom is -0.424 e. The number of aryl methyl sites for hydroxylation is 2. The van der Waals surface area contributed by atoms with Gasteiger partial charge in [-0.3, -0.25) is 4.79 Å². The second kappa shape index (κ2) is 6.21. The van der Waals surface area contributed by atoms with E-state index in [1.165, 1.54) is 4.57 Å². The second-order valence-electron chi connectivity index (χ2n) is 3.48. The van der Waals surface area contributed by atoms with Crippen molar-refractivity contribution in [1.82, 2.24) is 14.8 Å². The largest absolute Gasteiger partial charge is 0.424 e. The molecule has 0 atom stereocenters. The fourth-order valence-corrected chi connectivity index (χ4v) is 1.37. The first kappa shape index (κ1) is 14.3. The molecule has 2 aromatic rings. The summed E-state index contributed by atoms with van der Waals surface area (Å²) >= 11 is 0. The van der Waals surface area contributed by atoms with Gasteiger partial charge < -0.3 is 8.98 Å². The van der Waals surface area contributed by atoms with Gasteiger partial charge in [0.2, 0.25) is 11.8 Å². The normalized spacial score (nSPS) is 10.0. The molecule has 0 aliphatic rings. The van der Waals surface area contributed by atoms with Gasteiger partial charge >= 0.3 is 0 Å². The molecule has 2 aromatic heterocycles. The maximum absolute atomic E-state index is 11.7. The number of rotatable bonds is 3. The second-order valence-corrected chi connectivity index (χ2v) is 3.48. The van der Waals surface area contributed by atoms with E-state index in [9.17, 15) is 4.79 Å². The van der Waals surface area contributed by atoms with E-state index in [-0.39, 0.29) is 38.3 Å². The third-order valence-electron chi connectivity index (χ3n) is 2.24. The molecule has 0 N–H and O–H groups in total. The van der Waals surface area contributed by atoms with Crippen molar-refractivity contribution in [3.8, 4) is 0 Å². The predicted molar refractivity (Wildman–Crippen MR) is 57.1 cm³/mol. The van der Waals surface area contributed by atoms with E-state index in [4.69, 9.17) is 4.42 Å². The van der Waals surface area contributed by atoms with Gasteiger partial charge in [0.15, 0.2) is 5.56 Å². The Balaban J connectivity index is 0.00000144. The van der Waals surface area contributed by atoms with Crippen LogP contribution in [0.4, 0.5) is 0 Å². The van der Waals surface area contributed by atoms with Crippen LogP contribution in [0.5, 0.6) is 0 Å². The maximum atomic E-state index is 11.7. The van der Waals surface area contributed by atoms with Crippen molar-refractivity contribution in [2.75, 3.05) is 0 Å². The van der Waals surface area contributed by atoms with Gasteiger partial charge in [-0.1, -0.05) is 19.5 Å². The number of aromatic nitrogens is 3. The van der Waals surface area contributed by atoms with Crippen molar-refractivity contribution in [3.05, 3.63) is 46.0 Å². The van der Waals surface area contributed by atoms with Crippen molar-refractivity contribution in [2.24, 2.45) is 0 Å². The number of hydrogen-bond donors (Lipinski definition) is 0. The summed E-state index contributed by atoms with van der Waals surface area (Å²) in [4.78, 5) is 11.7. The van der Waals surface area contributed by atoms with Crippen molar-refractivity contribution in [2.45, 2.75) is 26.8 Å². The van der Waals surface area contributed by atoms with Crippen molar-refractivity contribution < 1.29 is 37.1 Å². The standard InChI is InChI=1S/C11H12N3O2.Y/c1-3-9-4-5-14(11(15)6-9)7-10-13-12-8(2)16-10;/h5-6H,3,7H2,1-2H3;/q-1;. The Bertz CT molecular complexity index is 548. The van der Waals surface area contributed by atoms with E-state index in [2.05, 4.69) is 16.3 Å². The Hall–Kier alpha value is -0.806. The third-order valence-corrected chi connectivity index (χ3v) is 2.24. The first-order valence-corrected chi connectivity index (χ1v) is 5.09. The van der Waals surface area contributed by atoms with Crippen LogP contribution in [0, 0.1) is 13.0 Å². The molecule has 0 spiro atoms. The molecule has 0 unspecified atom stereocenters. The summed E-state index contributed by atoms with van der Waals surface area (Å²) < 4.78 is 6.70. The Morgan fingerprint density at radius 2 is 2.24 bits per heavy atom. The fourth-order valence-electron chi connectivity index (χ4n) is 1.37. The molecule has 17 heavy (non-hydrogen) atoms. The van der Waals surface area contributed by atoms with Crippen molar-refractivity contribution in [1.29, 1.82) is 0 Å². The van der Waals surface area contributed by atoms with Crippen LogP contribution >= 0.6 is 0 Å². The van der Waals surface area contributed by atoms with E-state index in [1.807, 2.05) is 6.92 Å². The molecule has 6 heteroatoms. The predicted octanol–water partition coefficient (Wildman–Crippen LogP) is 0.948. The van der Waals surface area contributed by atoms with Crippen LogP contribution in [0.2, 0.25) is 0 Å². The first-order chi connectivity index (χ1) is 7.69. The summed E-state index contributed by atoms with van der Waals surface area (Å²) in [6.07, 6.45) is 2.43. The molecule has 2 rings (SSSR count). The van der Waals surface area contributed by atoms with Gasteiger partial charge in [0.05, 0.1) is 0 Å². The first-order valence-electron chi connectivity index (χ1n) is 5.09. The zero-order valence-electron chi connectivity index (χ0n) is 9.80. The Kier molecular flexibility index (Phi) is 5.21. The number of pyridine rings is 1. The molecule has 0 bridgehead atoms. The van der Waals surface area contributed by atoms with E-state index in [1.54, 1.807) is 19.2 Å². The Morgan fingerprint density at radius 3 is 2.76 bits per heavy atom. The summed E-state index contributed by atoms with van der Waals surface area (Å²) in [5, 5.41) is 7.54. The van der Waals surface area contributed by atoms with Gasteiger partial charge in [-0.2, -0.15) is 0 Å². The molecule has 0 fully saturated rings. The molecule has 0 aliphatic carbocycles. The smallest absolute Gasteiger partial charge is 0.236 e. The van der Waals surface area contributed by atoms with Crippen LogP contribution in [-0.4, -0.2) is 14.8 Å². The van der Waals surface area contributed by atoms with Crippen LogP contribution in [0.25, 0.3) is 0 Å². The molecular formula is C11H12N3O2Y-. The third kappa shape index (κ3) is 3.58. The van der Waals surface area contributed by atoms with Gasteiger partial charge in [0.25, 0.3) is 0 Å². The molecule has 0 saturated heterocycles. The molecule has 0 amide bonds. The molecule has 0 aliphatic heterocycles. The van der Waals surface area contributed by atoms with E-state index >= 15 is 0 Å². The Labute approximate surface area is 124 Å². The van der Waals surface area contributed by atoms with Gasteiger partial charge in [-0.05, 0) is 0 Å². The van der Waals surface area contributed by atoms with E-state index in [0.717, 1.165) is 12.0 Å². The van der Waals surface area contributed by atoms with Gasteiger partial charge in [-0.25, -0.2) is 11.6 Å². The maximum Gasteiger partial charge on any atom is 0.236 e. The summed E-state index contributed by atoms with van der Waals surface area (Å²) in [6.45, 7) is 3.99. The summed E-state index contributed by atoms with van der Waals surface area (Å²) in [5.74, 6) is 0.925. The molecular weight excluding hydrogens is 295 g/mol. The SMILES string of the molecule is CCc1[c-]cn(Cc2nnc(C)o2)c(=O)c1.[Y]. The number of nitrogens with zero attached hydrogens (tertiary/aromatic N) is 3. The zero-order chi connectivity index (χ0) is 11.5. The molecule has 0 saturated carbocycles. The summed E-state index contributed by atoms with van der Waals surface area (Å²) in [5.41, 5.74) is 0.828. The molecule has 1 radical (unpaired) electrons. The number of hydrogen-bond acceptors (Lipinski definition) is 4. The molecule has 0 aromatic carbocycles. The summed E-state index contributed by atoms with van der Waals surface area (Å²) in [7, 11) is 0. The van der Waals surface area contributed by atoms with Crippen LogP contribution in [0.1, 0.15) is 24.3 Å². The Morgan fingerprint density at radius 1 is 1.47 bits per heavy atom. The van der Waals surface area contributed by atoms with Crippen LogP contribution in [-0.2, 0) is 45.7 Å². The van der Waals surface area contributed by atoms with E-state index in [0.29, 0.717) is 18.3 Å². The van der Waals surface area contributed by atoms with Crippen LogP contribution in [0.3, 0.4) is 0 Å². The van der Waals surface area contributed by atoms with Crippen LogP contribution in [0.15, 0.2) is 21.5 Å². The average Bonchev–Trinajstić information content (AvgIpc) is 2.67. The average molecular weight is 307 g/mol. The van der Waals surface area contributed by atoms with Crippen LogP contribution < -0.4 is 5.56 Å². The van der Waals surface area contributed by atoms with Gasteiger partial charge in [0, 0.05) is 39.6 Å². The fraction of sp³-hybridized carbons (Fsp3) is 0.364. The zero-order valence-corrected chi connectivity index (χ0v) is 12.6. The van der Waals surface area contributed by atoms with Crippen molar-refractivity contribution in [3.63, 3.8) is 0 Å². The quantitative estimate of drug-likeness (QED) is 0.792. The van der Waals surface area contributed by atoms with E-state index < -0.39 is 0 Å². The molecule has 5 nitrogen and oxygen atoms in total. The summed E-state index contributed by atoms with van der Waals surface area (Å²) in [6, 6.07) is 4.60. The van der Waals surface area contributed by atoms with Gasteiger partial charge in [0.1, 0.15) is 6.54 Å². The van der Waals surface area contributed by atoms with Gasteiger partial charge in [-0.15, -0.1) is 16.3 Å². The monoisotopic (exact) mass is 307 g/mol. The molecule has 87 valence electrons. The molecule has 2 heterocycles.